The first-order chi connectivity index (χ1) is 7.28. The van der Waals surface area contributed by atoms with Crippen LogP contribution in [0.25, 0.3) is 0 Å². The lowest BCUT2D eigenvalue weighted by Crippen LogP contribution is -2.41. The number of likely N-dealkylation sites (tertiary alicyclic amines) is 1. The van der Waals surface area contributed by atoms with E-state index < -0.39 is 18.6 Å². The summed E-state index contributed by atoms with van der Waals surface area (Å²) in [5.41, 5.74) is 0. The SMILES string of the molecule is O=C(CN1CC(Br)CC1=O)NCC(F)(F)F. The number of halogens is 4. The Morgan fingerprint density at radius 2 is 2.19 bits per heavy atom. The minimum atomic E-state index is -4.43. The third-order valence-corrected chi connectivity index (χ3v) is 2.60. The Morgan fingerprint density at radius 1 is 1.56 bits per heavy atom. The summed E-state index contributed by atoms with van der Waals surface area (Å²) in [6, 6.07) is 0. The summed E-state index contributed by atoms with van der Waals surface area (Å²) in [4.78, 5) is 23.5. The first kappa shape index (κ1) is 13.3. The average molecular weight is 303 g/mol. The molecule has 0 aromatic rings. The number of carbonyl (C=O) groups is 2. The molecule has 1 aliphatic rings. The highest BCUT2D eigenvalue weighted by molar-refractivity contribution is 9.09. The van der Waals surface area contributed by atoms with Crippen LogP contribution in [0.5, 0.6) is 0 Å². The fourth-order valence-corrected chi connectivity index (χ4v) is 1.93. The molecule has 1 rings (SSSR count). The molecule has 1 N–H and O–H groups in total. The highest BCUT2D eigenvalue weighted by Gasteiger charge is 2.31. The average Bonchev–Trinajstić information content (AvgIpc) is 2.41. The van der Waals surface area contributed by atoms with Gasteiger partial charge in [0.2, 0.25) is 11.8 Å². The highest BCUT2D eigenvalue weighted by atomic mass is 79.9. The lowest BCUT2D eigenvalue weighted by atomic mass is 10.4. The van der Waals surface area contributed by atoms with E-state index in [0.717, 1.165) is 0 Å². The molecule has 0 aromatic carbocycles. The van der Waals surface area contributed by atoms with Gasteiger partial charge < -0.3 is 10.2 Å². The zero-order valence-corrected chi connectivity index (χ0v) is 9.77. The molecule has 0 radical (unpaired) electrons. The second-order valence-electron chi connectivity index (χ2n) is 3.47. The molecule has 92 valence electrons. The Balaban J connectivity index is 2.32. The fourth-order valence-electron chi connectivity index (χ4n) is 1.30. The molecular weight excluding hydrogens is 293 g/mol. The van der Waals surface area contributed by atoms with Crippen LogP contribution in [0.15, 0.2) is 0 Å². The summed E-state index contributed by atoms with van der Waals surface area (Å²) in [5, 5.41) is 1.71. The Morgan fingerprint density at radius 3 is 2.62 bits per heavy atom. The molecule has 16 heavy (non-hydrogen) atoms. The predicted octanol–water partition coefficient (Wildman–Crippen LogP) is 0.661. The maximum absolute atomic E-state index is 11.8. The largest absolute Gasteiger partial charge is 0.405 e. The number of carbonyl (C=O) groups excluding carboxylic acids is 2. The molecule has 0 aromatic heterocycles. The Kier molecular flexibility index (Phi) is 4.17. The number of nitrogens with one attached hydrogen (secondary N) is 1. The second-order valence-corrected chi connectivity index (χ2v) is 4.76. The number of hydrogen-bond acceptors (Lipinski definition) is 2. The molecule has 0 saturated carbocycles. The van der Waals surface area contributed by atoms with E-state index in [1.54, 1.807) is 5.32 Å². The van der Waals surface area contributed by atoms with Gasteiger partial charge in [0.15, 0.2) is 0 Å². The van der Waals surface area contributed by atoms with Crippen molar-refractivity contribution in [1.29, 1.82) is 0 Å². The van der Waals surface area contributed by atoms with E-state index in [9.17, 15) is 22.8 Å². The van der Waals surface area contributed by atoms with Crippen molar-refractivity contribution in [2.45, 2.75) is 17.4 Å². The number of nitrogens with zero attached hydrogens (tertiary/aromatic N) is 1. The van der Waals surface area contributed by atoms with Gasteiger partial charge in [-0.15, -0.1) is 0 Å². The van der Waals surface area contributed by atoms with Crippen LogP contribution in [-0.4, -0.2) is 47.4 Å². The van der Waals surface area contributed by atoms with E-state index in [4.69, 9.17) is 0 Å². The quantitative estimate of drug-likeness (QED) is 0.779. The molecule has 0 bridgehead atoms. The number of rotatable bonds is 3. The van der Waals surface area contributed by atoms with Crippen LogP contribution in [0, 0.1) is 0 Å². The lowest BCUT2D eigenvalue weighted by molar-refractivity contribution is -0.141. The Hall–Kier alpha value is -0.790. The highest BCUT2D eigenvalue weighted by Crippen LogP contribution is 2.17. The molecule has 0 aliphatic carbocycles. The number of amides is 2. The molecule has 1 unspecified atom stereocenters. The molecule has 4 nitrogen and oxygen atoms in total. The summed E-state index contributed by atoms with van der Waals surface area (Å²) in [6.45, 7) is -1.35. The molecule has 1 saturated heterocycles. The van der Waals surface area contributed by atoms with Crippen molar-refractivity contribution in [2.24, 2.45) is 0 Å². The van der Waals surface area contributed by atoms with E-state index in [1.165, 1.54) is 4.90 Å². The van der Waals surface area contributed by atoms with E-state index >= 15 is 0 Å². The standard InChI is InChI=1S/C8H10BrF3N2O2/c9-5-1-7(16)14(2-5)3-6(15)13-4-8(10,11)12/h5H,1-4H2,(H,13,15). The van der Waals surface area contributed by atoms with Crippen molar-refractivity contribution in [3.05, 3.63) is 0 Å². The number of alkyl halides is 4. The van der Waals surface area contributed by atoms with Crippen molar-refractivity contribution in [2.75, 3.05) is 19.6 Å². The van der Waals surface area contributed by atoms with Crippen LogP contribution in [-0.2, 0) is 9.59 Å². The number of hydrogen-bond donors (Lipinski definition) is 1. The molecule has 1 heterocycles. The third kappa shape index (κ3) is 4.38. The minimum Gasteiger partial charge on any atom is -0.345 e. The molecule has 0 spiro atoms. The second kappa shape index (κ2) is 5.03. The minimum absolute atomic E-state index is 0.0320. The molecule has 1 aliphatic heterocycles. The lowest BCUT2D eigenvalue weighted by Gasteiger charge is -2.15. The zero-order valence-electron chi connectivity index (χ0n) is 8.18. The van der Waals surface area contributed by atoms with Crippen molar-refractivity contribution >= 4 is 27.7 Å². The van der Waals surface area contributed by atoms with Gasteiger partial charge in [-0.3, -0.25) is 9.59 Å². The molecule has 1 fully saturated rings. The molecule has 1 atom stereocenters. The topological polar surface area (TPSA) is 49.4 Å². The summed E-state index contributed by atoms with van der Waals surface area (Å²) in [6.07, 6.45) is -4.16. The van der Waals surface area contributed by atoms with Crippen molar-refractivity contribution in [3.8, 4) is 0 Å². The van der Waals surface area contributed by atoms with Gasteiger partial charge in [-0.1, -0.05) is 15.9 Å². The smallest absolute Gasteiger partial charge is 0.345 e. The van der Waals surface area contributed by atoms with Gasteiger partial charge in [-0.2, -0.15) is 13.2 Å². The maximum Gasteiger partial charge on any atom is 0.405 e. The van der Waals surface area contributed by atoms with Crippen LogP contribution in [0.3, 0.4) is 0 Å². The zero-order chi connectivity index (χ0) is 12.3. The van der Waals surface area contributed by atoms with Gasteiger partial charge in [0.1, 0.15) is 6.54 Å². The van der Waals surface area contributed by atoms with Crippen LogP contribution in [0.4, 0.5) is 13.2 Å². The van der Waals surface area contributed by atoms with Crippen LogP contribution in [0.1, 0.15) is 6.42 Å². The molecular formula is C8H10BrF3N2O2. The third-order valence-electron chi connectivity index (χ3n) is 1.99. The predicted molar refractivity (Wildman–Crippen MR) is 53.0 cm³/mol. The van der Waals surface area contributed by atoms with E-state index in [2.05, 4.69) is 15.9 Å². The van der Waals surface area contributed by atoms with Gasteiger partial charge in [-0.25, -0.2) is 0 Å². The normalized spacial score (nSPS) is 21.4. The van der Waals surface area contributed by atoms with E-state index in [-0.39, 0.29) is 23.7 Å². The van der Waals surface area contributed by atoms with Gasteiger partial charge in [-0.05, 0) is 0 Å². The van der Waals surface area contributed by atoms with E-state index in [0.29, 0.717) is 6.54 Å². The van der Waals surface area contributed by atoms with Crippen molar-refractivity contribution in [1.82, 2.24) is 10.2 Å². The molecule has 8 heteroatoms. The van der Waals surface area contributed by atoms with E-state index in [1.807, 2.05) is 0 Å². The fraction of sp³-hybridized carbons (Fsp3) is 0.750. The van der Waals surface area contributed by atoms with Gasteiger partial charge in [0, 0.05) is 17.8 Å². The van der Waals surface area contributed by atoms with Crippen LogP contribution >= 0.6 is 15.9 Å². The van der Waals surface area contributed by atoms with Crippen LogP contribution in [0.2, 0.25) is 0 Å². The summed E-state index contributed by atoms with van der Waals surface area (Å²) in [5.74, 6) is -1.03. The molecule has 2 amide bonds. The summed E-state index contributed by atoms with van der Waals surface area (Å²) >= 11 is 3.21. The van der Waals surface area contributed by atoms with Gasteiger partial charge >= 0.3 is 6.18 Å². The first-order valence-electron chi connectivity index (χ1n) is 4.53. The maximum atomic E-state index is 11.8. The summed E-state index contributed by atoms with van der Waals surface area (Å²) < 4.78 is 35.3. The van der Waals surface area contributed by atoms with Crippen LogP contribution < -0.4 is 5.32 Å². The van der Waals surface area contributed by atoms with Crippen molar-refractivity contribution in [3.63, 3.8) is 0 Å². The van der Waals surface area contributed by atoms with Crippen molar-refractivity contribution < 1.29 is 22.8 Å². The van der Waals surface area contributed by atoms with Gasteiger partial charge in [0.25, 0.3) is 0 Å². The Labute approximate surface area is 98.3 Å². The van der Waals surface area contributed by atoms with Gasteiger partial charge in [0.05, 0.1) is 6.54 Å². The first-order valence-corrected chi connectivity index (χ1v) is 5.45. The Bertz CT molecular complexity index is 295. The summed E-state index contributed by atoms with van der Waals surface area (Å²) in [7, 11) is 0. The monoisotopic (exact) mass is 302 g/mol.